The van der Waals surface area contributed by atoms with Crippen LogP contribution in [0.3, 0.4) is 0 Å². The summed E-state index contributed by atoms with van der Waals surface area (Å²) in [6, 6.07) is 6.50. The molecule has 3 nitrogen and oxygen atoms in total. The van der Waals surface area contributed by atoms with Crippen LogP contribution in [0, 0.1) is 18.3 Å². The van der Waals surface area contributed by atoms with Crippen LogP contribution >= 0.6 is 11.3 Å². The topological polar surface area (TPSA) is 45.9 Å². The zero-order chi connectivity index (χ0) is 15.0. The molecule has 0 aliphatic carbocycles. The third-order valence-electron chi connectivity index (χ3n) is 3.80. The van der Waals surface area contributed by atoms with Crippen molar-refractivity contribution in [1.82, 2.24) is 4.98 Å². The molecule has 3 rings (SSSR count). The van der Waals surface area contributed by atoms with Crippen molar-refractivity contribution >= 4 is 11.3 Å². The Morgan fingerprint density at radius 3 is 2.95 bits per heavy atom. The summed E-state index contributed by atoms with van der Waals surface area (Å²) in [6.07, 6.45) is 1.25. The summed E-state index contributed by atoms with van der Waals surface area (Å²) in [5.74, 6) is 1.40. The lowest BCUT2D eigenvalue weighted by Gasteiger charge is -2.17. The molecular weight excluding hydrogens is 280 g/mol. The Morgan fingerprint density at radius 2 is 2.24 bits per heavy atom. The fourth-order valence-corrected chi connectivity index (χ4v) is 3.74. The molecule has 0 bridgehead atoms. The molecule has 1 aliphatic rings. The van der Waals surface area contributed by atoms with E-state index in [0.29, 0.717) is 18.9 Å². The van der Waals surface area contributed by atoms with Crippen molar-refractivity contribution in [2.45, 2.75) is 39.5 Å². The third-order valence-corrected chi connectivity index (χ3v) is 4.92. The number of aromatic nitrogens is 1. The van der Waals surface area contributed by atoms with E-state index in [4.69, 9.17) is 15.0 Å². The van der Waals surface area contributed by atoms with Crippen molar-refractivity contribution in [3.05, 3.63) is 33.1 Å². The minimum atomic E-state index is 0.386. The molecule has 2 heterocycles. The molecule has 2 aromatic rings. The highest BCUT2D eigenvalue weighted by Gasteiger charge is 2.24. The van der Waals surface area contributed by atoms with Gasteiger partial charge in [-0.2, -0.15) is 5.26 Å². The smallest absolute Gasteiger partial charge is 0.132 e. The summed E-state index contributed by atoms with van der Waals surface area (Å²) < 4.78 is 6.06. The van der Waals surface area contributed by atoms with Gasteiger partial charge in [0.1, 0.15) is 10.8 Å². The first-order chi connectivity index (χ1) is 10.1. The van der Waals surface area contributed by atoms with E-state index in [1.165, 1.54) is 16.0 Å². The van der Waals surface area contributed by atoms with Crippen LogP contribution in [0.4, 0.5) is 0 Å². The molecule has 0 N–H and O–H groups in total. The summed E-state index contributed by atoms with van der Waals surface area (Å²) in [7, 11) is 0. The molecule has 4 heteroatoms. The average molecular weight is 298 g/mol. The van der Waals surface area contributed by atoms with E-state index in [9.17, 15) is 0 Å². The van der Waals surface area contributed by atoms with Gasteiger partial charge in [-0.25, -0.2) is 4.98 Å². The molecule has 1 aliphatic heterocycles. The minimum Gasteiger partial charge on any atom is -0.492 e. The van der Waals surface area contributed by atoms with Crippen molar-refractivity contribution < 1.29 is 4.74 Å². The van der Waals surface area contributed by atoms with Gasteiger partial charge in [-0.1, -0.05) is 26.0 Å². The Kier molecular flexibility index (Phi) is 3.69. The third kappa shape index (κ3) is 2.43. The average Bonchev–Trinajstić information content (AvgIpc) is 2.73. The van der Waals surface area contributed by atoms with Gasteiger partial charge in [0, 0.05) is 16.9 Å². The number of aryl methyl sites for hydroxylation is 1. The number of hydrogen-bond donors (Lipinski definition) is 0. The highest BCUT2D eigenvalue weighted by molar-refractivity contribution is 7.12. The number of benzene rings is 1. The Hall–Kier alpha value is -1.86. The molecule has 1 aromatic carbocycles. The number of nitriles is 1. The SMILES string of the molecule is Cc1ccc(C(C)C)c2c1-c1nc(CC#N)sc1CCO2. The lowest BCUT2D eigenvalue weighted by molar-refractivity contribution is 0.322. The number of fused-ring (bicyclic) bond motifs is 3. The summed E-state index contributed by atoms with van der Waals surface area (Å²) in [6.45, 7) is 7.15. The zero-order valence-electron chi connectivity index (χ0n) is 12.6. The normalized spacial score (nSPS) is 13.1. The van der Waals surface area contributed by atoms with E-state index in [1.807, 2.05) is 0 Å². The van der Waals surface area contributed by atoms with Crippen LogP contribution < -0.4 is 4.74 Å². The van der Waals surface area contributed by atoms with Gasteiger partial charge < -0.3 is 4.74 Å². The van der Waals surface area contributed by atoms with Crippen molar-refractivity contribution in [2.24, 2.45) is 0 Å². The van der Waals surface area contributed by atoms with E-state index in [1.54, 1.807) is 11.3 Å². The maximum absolute atomic E-state index is 8.90. The number of ether oxygens (including phenoxy) is 1. The Morgan fingerprint density at radius 1 is 1.43 bits per heavy atom. The van der Waals surface area contributed by atoms with Gasteiger partial charge in [0.05, 0.1) is 24.8 Å². The lowest BCUT2D eigenvalue weighted by atomic mass is 9.94. The maximum atomic E-state index is 8.90. The summed E-state index contributed by atoms with van der Waals surface area (Å²) in [4.78, 5) is 5.96. The second-order valence-electron chi connectivity index (χ2n) is 5.64. The second-order valence-corrected chi connectivity index (χ2v) is 6.81. The number of thiazole rings is 1. The molecule has 0 saturated carbocycles. The molecular formula is C17H18N2OS. The van der Waals surface area contributed by atoms with Crippen LogP contribution in [-0.2, 0) is 12.8 Å². The Labute approximate surface area is 129 Å². The predicted octanol–water partition coefficient (Wildman–Crippen LogP) is 4.24. The van der Waals surface area contributed by atoms with Crippen molar-refractivity contribution in [2.75, 3.05) is 6.61 Å². The van der Waals surface area contributed by atoms with Crippen LogP contribution in [0.2, 0.25) is 0 Å². The Balaban J connectivity index is 2.24. The monoisotopic (exact) mass is 298 g/mol. The van der Waals surface area contributed by atoms with Gasteiger partial charge in [-0.05, 0) is 24.0 Å². The number of hydrogen-bond acceptors (Lipinski definition) is 4. The molecule has 0 atom stereocenters. The Bertz CT molecular complexity index is 725. The van der Waals surface area contributed by atoms with Crippen LogP contribution in [0.1, 0.15) is 40.8 Å². The standard InChI is InChI=1S/C17H18N2OS/c1-10(2)12-5-4-11(3)15-16-13(7-9-20-17(12)15)21-14(19-16)6-8-18/h4-5,10H,6-7,9H2,1-3H3. The van der Waals surface area contributed by atoms with E-state index in [0.717, 1.165) is 28.4 Å². The first-order valence-corrected chi connectivity index (χ1v) is 8.05. The van der Waals surface area contributed by atoms with Gasteiger partial charge in [-0.3, -0.25) is 0 Å². The van der Waals surface area contributed by atoms with Crippen LogP contribution in [0.25, 0.3) is 11.3 Å². The predicted molar refractivity (Wildman–Crippen MR) is 84.9 cm³/mol. The molecule has 21 heavy (non-hydrogen) atoms. The lowest BCUT2D eigenvalue weighted by Crippen LogP contribution is -2.02. The fraction of sp³-hybridized carbons (Fsp3) is 0.412. The minimum absolute atomic E-state index is 0.386. The number of rotatable bonds is 2. The van der Waals surface area contributed by atoms with Gasteiger partial charge >= 0.3 is 0 Å². The van der Waals surface area contributed by atoms with E-state index in [2.05, 4.69) is 39.0 Å². The van der Waals surface area contributed by atoms with Crippen molar-refractivity contribution in [3.63, 3.8) is 0 Å². The second kappa shape index (κ2) is 5.50. The van der Waals surface area contributed by atoms with E-state index < -0.39 is 0 Å². The van der Waals surface area contributed by atoms with Gasteiger partial charge in [-0.15, -0.1) is 11.3 Å². The summed E-state index contributed by atoms with van der Waals surface area (Å²) in [5, 5.41) is 9.80. The first-order valence-electron chi connectivity index (χ1n) is 7.24. The zero-order valence-corrected chi connectivity index (χ0v) is 13.4. The highest BCUT2D eigenvalue weighted by atomic mass is 32.1. The van der Waals surface area contributed by atoms with Gasteiger partial charge in [0.15, 0.2) is 0 Å². The quantitative estimate of drug-likeness (QED) is 0.833. The van der Waals surface area contributed by atoms with Gasteiger partial charge in [0.2, 0.25) is 0 Å². The molecule has 0 amide bonds. The molecule has 0 saturated heterocycles. The van der Waals surface area contributed by atoms with Crippen molar-refractivity contribution in [1.29, 1.82) is 5.26 Å². The van der Waals surface area contributed by atoms with Gasteiger partial charge in [0.25, 0.3) is 0 Å². The summed E-state index contributed by atoms with van der Waals surface area (Å²) >= 11 is 1.65. The van der Waals surface area contributed by atoms with Crippen LogP contribution in [0.5, 0.6) is 5.75 Å². The molecule has 0 fully saturated rings. The molecule has 1 aromatic heterocycles. The highest BCUT2D eigenvalue weighted by Crippen LogP contribution is 2.43. The van der Waals surface area contributed by atoms with Crippen LogP contribution in [-0.4, -0.2) is 11.6 Å². The molecule has 0 spiro atoms. The van der Waals surface area contributed by atoms with Crippen molar-refractivity contribution in [3.8, 4) is 23.1 Å². The first kappa shape index (κ1) is 14.1. The summed E-state index contributed by atoms with van der Waals surface area (Å²) in [5.41, 5.74) is 4.57. The molecule has 108 valence electrons. The maximum Gasteiger partial charge on any atom is 0.132 e. The molecule has 0 unspecified atom stereocenters. The fourth-order valence-electron chi connectivity index (χ4n) is 2.76. The number of nitrogens with zero attached hydrogens (tertiary/aromatic N) is 2. The van der Waals surface area contributed by atoms with E-state index in [-0.39, 0.29) is 0 Å². The van der Waals surface area contributed by atoms with E-state index >= 15 is 0 Å². The molecule has 0 radical (unpaired) electrons. The van der Waals surface area contributed by atoms with Crippen LogP contribution in [0.15, 0.2) is 12.1 Å². The largest absolute Gasteiger partial charge is 0.492 e.